The monoisotopic (exact) mass is 590 g/mol. The van der Waals surface area contributed by atoms with Gasteiger partial charge in [-0.25, -0.2) is 4.39 Å². The van der Waals surface area contributed by atoms with Crippen LogP contribution in [0.3, 0.4) is 0 Å². The van der Waals surface area contributed by atoms with Gasteiger partial charge >= 0.3 is 5.97 Å². The largest absolute Gasteiger partial charge is 0.481 e. The van der Waals surface area contributed by atoms with Gasteiger partial charge in [0.1, 0.15) is 5.82 Å². The van der Waals surface area contributed by atoms with Gasteiger partial charge in [-0.3, -0.25) is 9.59 Å². The lowest BCUT2D eigenvalue weighted by molar-refractivity contribution is -0.139. The zero-order chi connectivity index (χ0) is 31.8. The summed E-state index contributed by atoms with van der Waals surface area (Å²) in [6.45, 7) is 8.68. The van der Waals surface area contributed by atoms with Crippen LogP contribution < -0.4 is 5.32 Å². The molecule has 0 spiro atoms. The molecule has 4 aromatic rings. The predicted molar refractivity (Wildman–Crippen MR) is 170 cm³/mol. The maximum Gasteiger partial charge on any atom is 0.305 e. The van der Waals surface area contributed by atoms with Crippen molar-refractivity contribution in [1.82, 2.24) is 4.57 Å². The third kappa shape index (κ3) is 11.1. The van der Waals surface area contributed by atoms with Gasteiger partial charge in [0.25, 0.3) is 0 Å². The number of hydrogen-bond acceptors (Lipinski definition) is 4. The van der Waals surface area contributed by atoms with Crippen molar-refractivity contribution >= 4 is 18.1 Å². The van der Waals surface area contributed by atoms with Crippen LogP contribution in [0.25, 0.3) is 22.4 Å². The predicted octanol–water partition coefficient (Wildman–Crippen LogP) is 7.34. The minimum absolute atomic E-state index is 0.00199. The second-order valence-electron chi connectivity index (χ2n) is 10.1. The van der Waals surface area contributed by atoms with Crippen molar-refractivity contribution in [3.63, 3.8) is 0 Å². The smallest absolute Gasteiger partial charge is 0.305 e. The summed E-state index contributed by atoms with van der Waals surface area (Å²) in [6.07, 6.45) is -1.30. The fourth-order valence-electron chi connectivity index (χ4n) is 4.64. The van der Waals surface area contributed by atoms with Crippen LogP contribution in [0.5, 0.6) is 0 Å². The Kier molecular flexibility index (Phi) is 14.9. The molecule has 1 amide bonds. The van der Waals surface area contributed by atoms with Crippen LogP contribution in [-0.4, -0.2) is 44.5 Å². The summed E-state index contributed by atoms with van der Waals surface area (Å²) in [7, 11) is 0. The van der Waals surface area contributed by atoms with Crippen molar-refractivity contribution in [1.29, 1.82) is 0 Å². The summed E-state index contributed by atoms with van der Waals surface area (Å²) < 4.78 is 15.8. The number of rotatable bonds is 12. The Morgan fingerprint density at radius 3 is 2.00 bits per heavy atom. The Balaban J connectivity index is 0.000000496. The highest BCUT2D eigenvalue weighted by Crippen LogP contribution is 2.38. The molecule has 3 aromatic carbocycles. The Morgan fingerprint density at radius 1 is 0.884 bits per heavy atom. The highest BCUT2D eigenvalue weighted by atomic mass is 19.1. The summed E-state index contributed by atoms with van der Waals surface area (Å²) >= 11 is 0. The lowest BCUT2D eigenvalue weighted by atomic mass is 10.0. The normalized spacial score (nSPS) is 11.8. The second kappa shape index (κ2) is 18.3. The molecular weight excluding hydrogens is 547 g/mol. The number of amides is 1. The molecule has 0 fully saturated rings. The first-order valence-electron chi connectivity index (χ1n) is 14.6. The highest BCUT2D eigenvalue weighted by Gasteiger charge is 2.21. The number of carbonyl (C=O) groups excluding carboxylic acids is 1. The number of carboxylic acid groups (broad SMARTS) is 1. The maximum atomic E-state index is 13.6. The lowest BCUT2D eigenvalue weighted by Gasteiger charge is -2.20. The molecule has 4 N–H and O–H groups in total. The average molecular weight is 591 g/mol. The van der Waals surface area contributed by atoms with Crippen molar-refractivity contribution in [3.05, 3.63) is 103 Å². The van der Waals surface area contributed by atoms with Crippen LogP contribution >= 0.6 is 0 Å². The minimum Gasteiger partial charge on any atom is -0.481 e. The van der Waals surface area contributed by atoms with E-state index in [-0.39, 0.29) is 18.2 Å². The summed E-state index contributed by atoms with van der Waals surface area (Å²) in [5.74, 6) is -1.19. The summed E-state index contributed by atoms with van der Waals surface area (Å²) in [6, 6.07) is 27.8. The molecule has 1 aromatic heterocycles. The fraction of sp³-hybridized carbons (Fsp3) is 0.314. The van der Waals surface area contributed by atoms with Gasteiger partial charge in [0, 0.05) is 23.5 Å². The van der Waals surface area contributed by atoms with Crippen molar-refractivity contribution in [2.24, 2.45) is 0 Å². The Morgan fingerprint density at radius 2 is 1.47 bits per heavy atom. The first kappa shape index (κ1) is 34.9. The molecule has 0 aliphatic heterocycles. The van der Waals surface area contributed by atoms with E-state index in [1.807, 2.05) is 74.5 Å². The number of carboxylic acids is 1. The first-order valence-corrected chi connectivity index (χ1v) is 14.6. The molecule has 2 unspecified atom stereocenters. The summed E-state index contributed by atoms with van der Waals surface area (Å²) in [5.41, 5.74) is 5.80. The molecule has 0 radical (unpaired) electrons. The molecule has 8 heteroatoms. The van der Waals surface area contributed by atoms with Crippen molar-refractivity contribution in [3.8, 4) is 22.4 Å². The molecule has 4 rings (SSSR count). The average Bonchev–Trinajstić information content (AvgIpc) is 3.38. The van der Waals surface area contributed by atoms with Gasteiger partial charge in [0.15, 0.2) is 0 Å². The number of aliphatic hydroxyl groups is 2. The first-order chi connectivity index (χ1) is 20.7. The number of halogens is 1. The Hall–Kier alpha value is -4.27. The number of hydrogen-bond donors (Lipinski definition) is 4. The van der Waals surface area contributed by atoms with Gasteiger partial charge in [-0.1, -0.05) is 76.2 Å². The SMILES string of the molecule is CC.CC(C)c1cc(-c2ccccc2)c(-c2ccc(F)cc2)n1CCC(O)CC(O)CC(=O)O.O=CNc1ccccc1. The number of benzene rings is 3. The number of para-hydroxylation sites is 1. The molecule has 0 saturated carbocycles. The van der Waals surface area contributed by atoms with Crippen molar-refractivity contribution in [2.45, 2.75) is 71.6 Å². The molecule has 230 valence electrons. The Bertz CT molecular complexity index is 1370. The molecule has 2 atom stereocenters. The van der Waals surface area contributed by atoms with Crippen LogP contribution in [0.2, 0.25) is 0 Å². The van der Waals surface area contributed by atoms with E-state index < -0.39 is 24.6 Å². The molecule has 7 nitrogen and oxygen atoms in total. The van der Waals surface area contributed by atoms with Gasteiger partial charge in [0.2, 0.25) is 6.41 Å². The molecule has 0 bridgehead atoms. The van der Waals surface area contributed by atoms with E-state index in [2.05, 4.69) is 29.8 Å². The van der Waals surface area contributed by atoms with Crippen LogP contribution in [0.4, 0.5) is 10.1 Å². The molecule has 43 heavy (non-hydrogen) atoms. The van der Waals surface area contributed by atoms with Gasteiger partial charge in [-0.15, -0.1) is 0 Å². The quantitative estimate of drug-likeness (QED) is 0.129. The van der Waals surface area contributed by atoms with E-state index in [0.29, 0.717) is 19.4 Å². The number of nitrogens with zero attached hydrogens (tertiary/aromatic N) is 1. The van der Waals surface area contributed by atoms with Gasteiger partial charge in [0.05, 0.1) is 24.3 Å². The zero-order valence-corrected chi connectivity index (χ0v) is 25.3. The van der Waals surface area contributed by atoms with E-state index in [9.17, 15) is 24.2 Å². The van der Waals surface area contributed by atoms with Gasteiger partial charge in [-0.05, 0) is 72.4 Å². The molecule has 0 aliphatic carbocycles. The molecule has 1 heterocycles. The standard InChI is InChI=1S/C26H30FNO4.C7H7NO.C2H6/c1-17(2)24-16-23(18-6-4-3-5-7-18)26(19-8-10-20(27)11-9-19)28(24)13-12-21(29)14-22(30)15-25(31)32;9-6-8-7-4-2-1-3-5-7;1-2/h3-11,16-17,21-22,29-30H,12-15H2,1-2H3,(H,31,32);1-6H,(H,8,9);1-2H3. The van der Waals surface area contributed by atoms with Gasteiger partial charge in [-0.2, -0.15) is 0 Å². The summed E-state index contributed by atoms with van der Waals surface area (Å²) in [5, 5.41) is 31.6. The van der Waals surface area contributed by atoms with E-state index in [1.54, 1.807) is 12.1 Å². The number of nitrogens with one attached hydrogen (secondary N) is 1. The number of anilines is 1. The maximum absolute atomic E-state index is 13.6. The number of aliphatic hydroxyl groups excluding tert-OH is 2. The van der Waals surface area contributed by atoms with E-state index in [0.717, 1.165) is 33.8 Å². The van der Waals surface area contributed by atoms with E-state index in [1.165, 1.54) is 12.1 Å². The van der Waals surface area contributed by atoms with Crippen LogP contribution in [-0.2, 0) is 16.1 Å². The fourth-order valence-corrected chi connectivity index (χ4v) is 4.64. The topological polar surface area (TPSA) is 112 Å². The van der Waals surface area contributed by atoms with Crippen LogP contribution in [0, 0.1) is 5.82 Å². The second-order valence-corrected chi connectivity index (χ2v) is 10.1. The molecule has 0 saturated heterocycles. The third-order valence-electron chi connectivity index (χ3n) is 6.56. The number of aliphatic carboxylic acids is 1. The number of carbonyl (C=O) groups is 2. The van der Waals surface area contributed by atoms with Crippen molar-refractivity contribution in [2.75, 3.05) is 5.32 Å². The van der Waals surface area contributed by atoms with E-state index >= 15 is 0 Å². The van der Waals surface area contributed by atoms with E-state index in [4.69, 9.17) is 5.11 Å². The highest BCUT2D eigenvalue weighted by molar-refractivity contribution is 5.83. The van der Waals surface area contributed by atoms with Crippen LogP contribution in [0.1, 0.15) is 58.6 Å². The molecular formula is C35H43FN2O5. The minimum atomic E-state index is -1.09. The van der Waals surface area contributed by atoms with Gasteiger partial charge < -0.3 is 25.2 Å². The van der Waals surface area contributed by atoms with Crippen LogP contribution in [0.15, 0.2) is 91.0 Å². The third-order valence-corrected chi connectivity index (χ3v) is 6.56. The lowest BCUT2D eigenvalue weighted by Crippen LogP contribution is -2.22. The Labute approximate surface area is 253 Å². The summed E-state index contributed by atoms with van der Waals surface area (Å²) in [4.78, 5) is 20.6. The zero-order valence-electron chi connectivity index (χ0n) is 25.3. The molecule has 0 aliphatic rings. The number of aromatic nitrogens is 1. The van der Waals surface area contributed by atoms with Crippen molar-refractivity contribution < 1.29 is 29.3 Å².